The zero-order valence-corrected chi connectivity index (χ0v) is 28.9. The number of imide groups is 1. The molecular formula is C34H62N2O10. The van der Waals surface area contributed by atoms with E-state index in [2.05, 4.69) is 15.4 Å². The number of carboxylic acid groups (broad SMARTS) is 1. The zero-order valence-electron chi connectivity index (χ0n) is 28.9. The van der Waals surface area contributed by atoms with E-state index < -0.39 is 40.4 Å². The van der Waals surface area contributed by atoms with Crippen LogP contribution < -0.4 is 10.6 Å². The van der Waals surface area contributed by atoms with Crippen molar-refractivity contribution in [2.75, 3.05) is 0 Å². The standard InChI is InChI=1S/C10H18O5.C8H12N2O2.C8H14O2.C6H10O.2CH4/c1-9(2,3)14-7(11)13-8(12)15-10(4,5)6;1-7(3-4-7)8(2)5(11)9-6(12)10-8;1-7(2,6(9)10)8(3)4-5-8;1-5(7)6(2)3-4-6;;/h1-6H3;3-4H2,1-2H3,(H2,9,10,11,12);4-5H2,1-3H3,(H,9,10);3-4H2,1-2H3;2*1H4. The van der Waals surface area contributed by atoms with E-state index in [0.717, 1.165) is 38.5 Å². The first kappa shape index (κ1) is 44.9. The van der Waals surface area contributed by atoms with Crippen LogP contribution in [0.5, 0.6) is 0 Å². The Morgan fingerprint density at radius 3 is 1.28 bits per heavy atom. The van der Waals surface area contributed by atoms with Gasteiger partial charge in [-0.2, -0.15) is 0 Å². The van der Waals surface area contributed by atoms with Gasteiger partial charge in [-0.05, 0) is 119 Å². The minimum atomic E-state index is -1.06. The smallest absolute Gasteiger partial charge is 0.481 e. The molecule has 0 radical (unpaired) electrons. The molecule has 0 aromatic heterocycles. The molecule has 4 rings (SSSR count). The number of carboxylic acids is 1. The molecule has 3 amide bonds. The molecule has 46 heavy (non-hydrogen) atoms. The van der Waals surface area contributed by atoms with Crippen LogP contribution in [0.3, 0.4) is 0 Å². The van der Waals surface area contributed by atoms with Crippen molar-refractivity contribution in [1.29, 1.82) is 0 Å². The van der Waals surface area contributed by atoms with E-state index in [1.165, 1.54) is 0 Å². The van der Waals surface area contributed by atoms with Crippen LogP contribution in [0.1, 0.15) is 143 Å². The Morgan fingerprint density at radius 1 is 0.717 bits per heavy atom. The molecule has 1 unspecified atom stereocenters. The molecule has 0 aromatic carbocycles. The van der Waals surface area contributed by atoms with Crippen LogP contribution in [0, 0.1) is 21.7 Å². The van der Waals surface area contributed by atoms with Gasteiger partial charge in [0.25, 0.3) is 5.91 Å². The number of amides is 3. The molecule has 268 valence electrons. The number of urea groups is 1. The lowest BCUT2D eigenvalue weighted by molar-refractivity contribution is -0.150. The molecule has 12 heteroatoms. The average Bonchev–Trinajstić information content (AvgIpc) is 3.73. The van der Waals surface area contributed by atoms with E-state index in [0.29, 0.717) is 5.78 Å². The third kappa shape index (κ3) is 12.9. The summed E-state index contributed by atoms with van der Waals surface area (Å²) >= 11 is 0. The fourth-order valence-electron chi connectivity index (χ4n) is 3.88. The Balaban J connectivity index is 0. The van der Waals surface area contributed by atoms with Crippen LogP contribution in [-0.4, -0.2) is 57.8 Å². The molecular weight excluding hydrogens is 596 g/mol. The molecule has 1 aliphatic heterocycles. The highest BCUT2D eigenvalue weighted by atomic mass is 16.8. The van der Waals surface area contributed by atoms with Crippen molar-refractivity contribution in [2.45, 2.75) is 160 Å². The second-order valence-corrected chi connectivity index (χ2v) is 15.7. The van der Waals surface area contributed by atoms with Crippen LogP contribution in [0.15, 0.2) is 0 Å². The second kappa shape index (κ2) is 15.2. The molecule has 1 heterocycles. The van der Waals surface area contributed by atoms with Gasteiger partial charge >= 0.3 is 24.3 Å². The van der Waals surface area contributed by atoms with E-state index in [9.17, 15) is 28.8 Å². The predicted molar refractivity (Wildman–Crippen MR) is 176 cm³/mol. The highest BCUT2D eigenvalue weighted by Crippen LogP contribution is 2.58. The number of carbonyl (C=O) groups is 6. The number of ether oxygens (including phenoxy) is 3. The summed E-state index contributed by atoms with van der Waals surface area (Å²) in [5.74, 6) is -0.507. The first-order valence-corrected chi connectivity index (χ1v) is 15.0. The largest absolute Gasteiger partial charge is 0.519 e. The zero-order chi connectivity index (χ0) is 34.7. The summed E-state index contributed by atoms with van der Waals surface area (Å²) in [6, 6.07) is -0.365. The molecule has 3 aliphatic carbocycles. The monoisotopic (exact) mass is 658 g/mol. The van der Waals surface area contributed by atoms with Crippen LogP contribution in [0.2, 0.25) is 0 Å². The summed E-state index contributed by atoms with van der Waals surface area (Å²) in [6.07, 6.45) is 4.26. The van der Waals surface area contributed by atoms with Gasteiger partial charge in [-0.1, -0.05) is 35.6 Å². The maximum Gasteiger partial charge on any atom is 0.519 e. The maximum atomic E-state index is 11.4. The minimum Gasteiger partial charge on any atom is -0.481 e. The Hall–Kier alpha value is -3.18. The van der Waals surface area contributed by atoms with Gasteiger partial charge in [-0.15, -0.1) is 0 Å². The fourth-order valence-corrected chi connectivity index (χ4v) is 3.88. The van der Waals surface area contributed by atoms with Crippen LogP contribution in [0.4, 0.5) is 14.4 Å². The van der Waals surface area contributed by atoms with Crippen molar-refractivity contribution >= 4 is 36.0 Å². The van der Waals surface area contributed by atoms with Crippen LogP contribution in [-0.2, 0) is 28.6 Å². The predicted octanol–water partition coefficient (Wildman–Crippen LogP) is 7.80. The van der Waals surface area contributed by atoms with Crippen LogP contribution >= 0.6 is 0 Å². The Kier molecular flexibility index (Phi) is 14.8. The topological polar surface area (TPSA) is 174 Å². The van der Waals surface area contributed by atoms with Crippen molar-refractivity contribution in [3.8, 4) is 0 Å². The Bertz CT molecular complexity index is 1110. The molecule has 1 atom stereocenters. The summed E-state index contributed by atoms with van der Waals surface area (Å²) in [4.78, 5) is 65.6. The van der Waals surface area contributed by atoms with Gasteiger partial charge in [0.15, 0.2) is 0 Å². The van der Waals surface area contributed by atoms with Gasteiger partial charge in [-0.25, -0.2) is 14.4 Å². The Labute approximate surface area is 276 Å². The second-order valence-electron chi connectivity index (χ2n) is 15.7. The number of rotatable bonds is 4. The molecule has 1 saturated heterocycles. The molecule has 0 aromatic rings. The first-order valence-electron chi connectivity index (χ1n) is 15.0. The summed E-state index contributed by atoms with van der Waals surface area (Å²) < 4.78 is 13.8. The number of ketones is 1. The number of hydrogen-bond acceptors (Lipinski definition) is 9. The van der Waals surface area contributed by atoms with Gasteiger partial charge in [0.05, 0.1) is 5.41 Å². The number of hydrogen-bond donors (Lipinski definition) is 3. The highest BCUT2D eigenvalue weighted by molar-refractivity contribution is 6.07. The molecule has 3 N–H and O–H groups in total. The average molecular weight is 659 g/mol. The lowest BCUT2D eigenvalue weighted by Crippen LogP contribution is -2.50. The van der Waals surface area contributed by atoms with Crippen molar-refractivity contribution in [2.24, 2.45) is 21.7 Å². The number of aliphatic carboxylic acids is 1. The molecule has 0 spiro atoms. The van der Waals surface area contributed by atoms with E-state index in [-0.39, 0.29) is 43.0 Å². The van der Waals surface area contributed by atoms with Crippen molar-refractivity contribution in [3.63, 3.8) is 0 Å². The van der Waals surface area contributed by atoms with E-state index in [1.807, 2.05) is 34.6 Å². The molecule has 3 saturated carbocycles. The van der Waals surface area contributed by atoms with Crippen LogP contribution in [0.25, 0.3) is 0 Å². The van der Waals surface area contributed by atoms with Gasteiger partial charge in [0.1, 0.15) is 22.5 Å². The van der Waals surface area contributed by atoms with Crippen molar-refractivity contribution < 1.29 is 48.1 Å². The molecule has 4 fully saturated rings. The molecule has 4 aliphatic rings. The van der Waals surface area contributed by atoms with E-state index >= 15 is 0 Å². The lowest BCUT2D eigenvalue weighted by Gasteiger charge is -2.27. The van der Waals surface area contributed by atoms with Gasteiger partial charge in [-0.3, -0.25) is 19.7 Å². The van der Waals surface area contributed by atoms with Crippen molar-refractivity contribution in [3.05, 3.63) is 0 Å². The quantitative estimate of drug-likeness (QED) is 0.153. The normalized spacial score (nSPS) is 22.2. The van der Waals surface area contributed by atoms with Crippen molar-refractivity contribution in [1.82, 2.24) is 10.6 Å². The summed E-state index contributed by atoms with van der Waals surface area (Å²) in [6.45, 7) is 23.2. The highest BCUT2D eigenvalue weighted by Gasteiger charge is 2.61. The SMILES string of the molecule is C.C.CC(=O)C1(C)CC1.CC(C)(C)OC(=O)OC(=O)OC(C)(C)C.CC1(C(C)(C)C(=O)O)CC1.CC1(C2(C)NC(=O)NC2=O)CC1. The summed E-state index contributed by atoms with van der Waals surface area (Å²) in [5.41, 5.74) is -2.45. The third-order valence-corrected chi connectivity index (χ3v) is 9.09. The third-order valence-electron chi connectivity index (χ3n) is 9.09. The minimum absolute atomic E-state index is 0. The summed E-state index contributed by atoms with van der Waals surface area (Å²) in [5, 5.41) is 13.8. The lowest BCUT2D eigenvalue weighted by atomic mass is 9.77. The Morgan fingerprint density at radius 2 is 1.11 bits per heavy atom. The maximum absolute atomic E-state index is 11.4. The molecule has 12 nitrogen and oxygen atoms in total. The van der Waals surface area contributed by atoms with Gasteiger partial charge in [0.2, 0.25) is 0 Å². The first-order chi connectivity index (χ1) is 19.5. The van der Waals surface area contributed by atoms with Gasteiger partial charge in [0, 0.05) is 5.41 Å². The van der Waals surface area contributed by atoms with E-state index in [1.54, 1.807) is 55.4 Å². The number of carbonyl (C=O) groups excluding carboxylic acids is 5. The summed E-state index contributed by atoms with van der Waals surface area (Å²) in [7, 11) is 0. The number of Topliss-reactive ketones (excluding diaryl/α,β-unsaturated/α-hetero) is 1. The molecule has 0 bridgehead atoms. The van der Waals surface area contributed by atoms with Gasteiger partial charge < -0.3 is 24.6 Å². The fraction of sp³-hybridized carbons (Fsp3) is 0.824. The van der Waals surface area contributed by atoms with E-state index in [4.69, 9.17) is 14.6 Å². The number of nitrogens with one attached hydrogen (secondary N) is 2.